The van der Waals surface area contributed by atoms with Crippen molar-refractivity contribution < 1.29 is 13.9 Å². The number of aromatic nitrogens is 6. The first kappa shape index (κ1) is 16.1. The molecule has 1 fully saturated rings. The number of anilines is 1. The van der Waals surface area contributed by atoms with Gasteiger partial charge in [-0.05, 0) is 23.4 Å². The molecule has 0 saturated carbocycles. The second-order valence-corrected chi connectivity index (χ2v) is 5.72. The van der Waals surface area contributed by atoms with Crippen LogP contribution < -0.4 is 10.6 Å². The highest BCUT2D eigenvalue weighted by atomic mass is 19.1. The van der Waals surface area contributed by atoms with Crippen molar-refractivity contribution in [1.29, 1.82) is 0 Å². The fourth-order valence-corrected chi connectivity index (χ4v) is 2.76. The minimum atomic E-state index is -0.546. The van der Waals surface area contributed by atoms with Crippen LogP contribution in [0.4, 0.5) is 14.9 Å². The number of nitrogens with zero attached hydrogens (tertiary/aromatic N) is 7. The molecule has 3 heterocycles. The molecule has 1 aromatic carbocycles. The zero-order valence-corrected chi connectivity index (χ0v) is 13.6. The number of amides is 1. The number of carbonyl (C=O) groups excluding carboxylic acids is 1. The van der Waals surface area contributed by atoms with Crippen LogP contribution in [-0.4, -0.2) is 48.5 Å². The summed E-state index contributed by atoms with van der Waals surface area (Å²) in [4.78, 5) is 18.9. The van der Waals surface area contributed by atoms with E-state index in [0.717, 1.165) is 0 Å². The predicted octanol–water partition coefficient (Wildman–Crippen LogP) is 0.482. The zero-order valence-electron chi connectivity index (χ0n) is 13.6. The summed E-state index contributed by atoms with van der Waals surface area (Å²) in [5.41, 5.74) is 6.90. The lowest BCUT2D eigenvalue weighted by molar-refractivity contribution is 0.126. The van der Waals surface area contributed by atoms with Crippen LogP contribution in [-0.2, 0) is 17.8 Å². The van der Waals surface area contributed by atoms with Gasteiger partial charge in [0.1, 0.15) is 18.5 Å². The van der Waals surface area contributed by atoms with E-state index in [9.17, 15) is 9.18 Å². The zero-order chi connectivity index (χ0) is 18.1. The fraction of sp³-hybridized carbons (Fsp3) is 0.267. The SMILES string of the molecule is NCc1cn(-c2ccc(N3CC(Cn4ncnn4)OC3=O)cc2F)cn1. The largest absolute Gasteiger partial charge is 0.442 e. The Morgan fingerprint density at radius 1 is 1.38 bits per heavy atom. The van der Waals surface area contributed by atoms with Gasteiger partial charge in [0, 0.05) is 12.7 Å². The van der Waals surface area contributed by atoms with Crippen molar-refractivity contribution in [1.82, 2.24) is 29.8 Å². The Balaban J connectivity index is 1.52. The first-order valence-corrected chi connectivity index (χ1v) is 7.86. The molecule has 26 heavy (non-hydrogen) atoms. The number of rotatable bonds is 5. The van der Waals surface area contributed by atoms with Crippen molar-refractivity contribution in [3.05, 3.63) is 48.6 Å². The number of imidazole rings is 1. The third kappa shape index (κ3) is 2.99. The van der Waals surface area contributed by atoms with Crippen LogP contribution in [0.25, 0.3) is 5.69 Å². The molecule has 3 aromatic rings. The van der Waals surface area contributed by atoms with E-state index in [0.29, 0.717) is 17.1 Å². The molecule has 1 aliphatic heterocycles. The quantitative estimate of drug-likeness (QED) is 0.705. The van der Waals surface area contributed by atoms with E-state index in [1.54, 1.807) is 22.9 Å². The molecule has 11 heteroatoms. The summed E-state index contributed by atoms with van der Waals surface area (Å²) in [7, 11) is 0. The number of cyclic esters (lactones) is 1. The molecule has 0 bridgehead atoms. The molecule has 1 saturated heterocycles. The van der Waals surface area contributed by atoms with Crippen LogP contribution >= 0.6 is 0 Å². The number of carbonyl (C=O) groups is 1. The van der Waals surface area contributed by atoms with Gasteiger partial charge >= 0.3 is 6.09 Å². The monoisotopic (exact) mass is 358 g/mol. The molecular formula is C15H15FN8O2. The number of ether oxygens (including phenoxy) is 1. The highest BCUT2D eigenvalue weighted by molar-refractivity contribution is 5.89. The van der Waals surface area contributed by atoms with E-state index >= 15 is 0 Å². The van der Waals surface area contributed by atoms with Gasteiger partial charge in [0.2, 0.25) is 0 Å². The number of tetrazole rings is 1. The van der Waals surface area contributed by atoms with E-state index in [4.69, 9.17) is 10.5 Å². The highest BCUT2D eigenvalue weighted by Crippen LogP contribution is 2.26. The molecule has 0 spiro atoms. The topological polar surface area (TPSA) is 117 Å². The third-order valence-electron chi connectivity index (χ3n) is 4.00. The molecule has 10 nitrogen and oxygen atoms in total. The first-order valence-electron chi connectivity index (χ1n) is 7.86. The fourth-order valence-electron chi connectivity index (χ4n) is 2.76. The van der Waals surface area contributed by atoms with Gasteiger partial charge in [0.25, 0.3) is 0 Å². The predicted molar refractivity (Wildman–Crippen MR) is 86.8 cm³/mol. The van der Waals surface area contributed by atoms with Crippen LogP contribution in [0, 0.1) is 5.82 Å². The standard InChI is InChI=1S/C15H15FN8O2/c16-13-3-11(1-2-14(13)22-5-10(4-17)18-9-22)23-6-12(26-15(23)25)7-24-20-8-19-21-24/h1-3,5,8-9,12H,4,6-7,17H2. The van der Waals surface area contributed by atoms with Gasteiger partial charge in [-0.2, -0.15) is 4.80 Å². The molecule has 4 rings (SSSR count). The maximum absolute atomic E-state index is 14.5. The lowest BCUT2D eigenvalue weighted by Gasteiger charge is -2.14. The maximum Gasteiger partial charge on any atom is 0.414 e. The van der Waals surface area contributed by atoms with Gasteiger partial charge in [-0.3, -0.25) is 4.90 Å². The molecular weight excluding hydrogens is 343 g/mol. The highest BCUT2D eigenvalue weighted by Gasteiger charge is 2.33. The number of benzene rings is 1. The molecule has 0 aliphatic carbocycles. The molecule has 2 N–H and O–H groups in total. The van der Waals surface area contributed by atoms with Crippen molar-refractivity contribution in [3.63, 3.8) is 0 Å². The van der Waals surface area contributed by atoms with Crippen LogP contribution in [0.2, 0.25) is 0 Å². The second kappa shape index (κ2) is 6.52. The van der Waals surface area contributed by atoms with Gasteiger partial charge in [-0.25, -0.2) is 14.2 Å². The van der Waals surface area contributed by atoms with Gasteiger partial charge in [0.15, 0.2) is 6.33 Å². The van der Waals surface area contributed by atoms with Crippen LogP contribution in [0.1, 0.15) is 5.69 Å². The Kier molecular flexibility index (Phi) is 4.05. The summed E-state index contributed by atoms with van der Waals surface area (Å²) in [6.07, 6.45) is 3.46. The van der Waals surface area contributed by atoms with E-state index < -0.39 is 18.0 Å². The molecule has 2 aromatic heterocycles. The Labute approximate surface area is 147 Å². The molecule has 1 atom stereocenters. The van der Waals surface area contributed by atoms with E-state index in [1.165, 1.54) is 28.4 Å². The van der Waals surface area contributed by atoms with Gasteiger partial charge < -0.3 is 15.0 Å². The smallest absolute Gasteiger partial charge is 0.414 e. The lowest BCUT2D eigenvalue weighted by Crippen LogP contribution is -2.26. The van der Waals surface area contributed by atoms with Crippen molar-refractivity contribution in [2.24, 2.45) is 5.73 Å². The summed E-state index contributed by atoms with van der Waals surface area (Å²) in [6.45, 7) is 0.815. The van der Waals surface area contributed by atoms with Gasteiger partial charge in [0.05, 0.1) is 29.9 Å². The normalized spacial score (nSPS) is 16.9. The number of hydrogen-bond donors (Lipinski definition) is 1. The summed E-state index contributed by atoms with van der Waals surface area (Å²) in [5.74, 6) is -0.488. The Morgan fingerprint density at radius 2 is 2.27 bits per heavy atom. The Bertz CT molecular complexity index is 926. The average Bonchev–Trinajstić information content (AvgIpc) is 3.36. The molecule has 1 aliphatic rings. The van der Waals surface area contributed by atoms with Crippen molar-refractivity contribution in [2.45, 2.75) is 19.2 Å². The minimum Gasteiger partial charge on any atom is -0.442 e. The van der Waals surface area contributed by atoms with Crippen LogP contribution in [0.3, 0.4) is 0 Å². The average molecular weight is 358 g/mol. The molecule has 134 valence electrons. The van der Waals surface area contributed by atoms with Crippen molar-refractivity contribution >= 4 is 11.8 Å². The second-order valence-electron chi connectivity index (χ2n) is 5.72. The van der Waals surface area contributed by atoms with Crippen molar-refractivity contribution in [3.8, 4) is 5.69 Å². The van der Waals surface area contributed by atoms with E-state index in [-0.39, 0.29) is 19.6 Å². The van der Waals surface area contributed by atoms with Gasteiger partial charge in [-0.15, -0.1) is 10.2 Å². The molecule has 1 unspecified atom stereocenters. The molecule has 1 amide bonds. The van der Waals surface area contributed by atoms with Crippen LogP contribution in [0.15, 0.2) is 37.1 Å². The summed E-state index contributed by atoms with van der Waals surface area (Å²) >= 11 is 0. The van der Waals surface area contributed by atoms with Crippen LogP contribution in [0.5, 0.6) is 0 Å². The summed E-state index contributed by atoms with van der Waals surface area (Å²) in [5, 5.41) is 11.2. The first-order chi connectivity index (χ1) is 12.6. The van der Waals surface area contributed by atoms with E-state index in [1.807, 2.05) is 0 Å². The minimum absolute atomic E-state index is 0.265. The molecule has 0 radical (unpaired) electrons. The number of hydrogen-bond acceptors (Lipinski definition) is 7. The Morgan fingerprint density at radius 3 is 2.96 bits per heavy atom. The Hall–Kier alpha value is -3.34. The summed E-state index contributed by atoms with van der Waals surface area (Å²) in [6, 6.07) is 4.51. The summed E-state index contributed by atoms with van der Waals surface area (Å²) < 4.78 is 21.4. The number of nitrogens with two attached hydrogens (primary N) is 1. The van der Waals surface area contributed by atoms with E-state index in [2.05, 4.69) is 20.4 Å². The number of halogens is 1. The lowest BCUT2D eigenvalue weighted by atomic mass is 10.2. The third-order valence-corrected chi connectivity index (χ3v) is 4.00. The van der Waals surface area contributed by atoms with Gasteiger partial charge in [-0.1, -0.05) is 0 Å². The maximum atomic E-state index is 14.5. The van der Waals surface area contributed by atoms with Crippen molar-refractivity contribution in [2.75, 3.05) is 11.4 Å².